The van der Waals surface area contributed by atoms with E-state index in [4.69, 9.17) is 14.2 Å². The largest absolute Gasteiger partial charge is 0.361 e. The van der Waals surface area contributed by atoms with Gasteiger partial charge in [0.05, 0.1) is 16.7 Å². The van der Waals surface area contributed by atoms with E-state index in [1.807, 2.05) is 0 Å². The van der Waals surface area contributed by atoms with Gasteiger partial charge in [0.2, 0.25) is 11.7 Å². The molecule has 1 saturated heterocycles. The van der Waals surface area contributed by atoms with Gasteiger partial charge in [0.1, 0.15) is 11.7 Å². The summed E-state index contributed by atoms with van der Waals surface area (Å²) in [4.78, 5) is 4.25. The molecule has 0 aromatic carbocycles. The number of piperidine rings is 1. The van der Waals surface area contributed by atoms with Gasteiger partial charge in [-0.25, -0.2) is 13.9 Å². The summed E-state index contributed by atoms with van der Waals surface area (Å²) in [6, 6.07) is 0. The molecule has 28 heavy (non-hydrogen) atoms. The highest BCUT2D eigenvalue weighted by Gasteiger charge is 2.82. The second-order valence-electron chi connectivity index (χ2n) is 7.89. The van der Waals surface area contributed by atoms with Gasteiger partial charge in [-0.15, -0.1) is 0 Å². The first-order chi connectivity index (χ1) is 13.1. The molecular formula is C16H19F2N5O4S. The predicted molar refractivity (Wildman–Crippen MR) is 90.5 cm³/mol. The number of nitrogens with two attached hydrogens (primary N) is 1. The number of aryl methyl sites for hydroxylation is 1. The molecule has 3 fully saturated rings. The second-order valence-corrected chi connectivity index (χ2v) is 9.43. The molecule has 2 aromatic rings. The van der Waals surface area contributed by atoms with Crippen LogP contribution in [0.15, 0.2) is 9.05 Å². The topological polar surface area (TPSA) is 128 Å². The lowest BCUT2D eigenvalue weighted by molar-refractivity contribution is 0.0406. The van der Waals surface area contributed by atoms with Crippen LogP contribution in [0.3, 0.4) is 0 Å². The molecule has 0 bridgehead atoms. The third-order valence-electron chi connectivity index (χ3n) is 6.24. The molecule has 9 nitrogen and oxygen atoms in total. The molecule has 2 aliphatic carbocycles. The van der Waals surface area contributed by atoms with Crippen molar-refractivity contribution in [2.45, 2.75) is 50.4 Å². The fraction of sp³-hybridized carbons (Fsp3) is 0.688. The van der Waals surface area contributed by atoms with Crippen LogP contribution in [0.4, 0.5) is 8.78 Å². The maximum Gasteiger partial charge on any atom is 0.276 e. The lowest BCUT2D eigenvalue weighted by Crippen LogP contribution is -2.43. The Morgan fingerprint density at radius 1 is 1.18 bits per heavy atom. The third kappa shape index (κ3) is 2.47. The van der Waals surface area contributed by atoms with Gasteiger partial charge in [-0.05, 0) is 32.6 Å². The van der Waals surface area contributed by atoms with E-state index in [-0.39, 0.29) is 43.6 Å². The number of hydrogen-bond donors (Lipinski definition) is 1. The summed E-state index contributed by atoms with van der Waals surface area (Å²) in [5.74, 6) is -3.39. The monoisotopic (exact) mass is 415 g/mol. The van der Waals surface area contributed by atoms with Crippen LogP contribution in [0.5, 0.6) is 0 Å². The summed E-state index contributed by atoms with van der Waals surface area (Å²) in [5, 5.41) is 13.1. The minimum atomic E-state index is -3.89. The Bertz CT molecular complexity index is 1040. The second kappa shape index (κ2) is 5.57. The summed E-state index contributed by atoms with van der Waals surface area (Å²) >= 11 is 0. The third-order valence-corrected chi connectivity index (χ3v) is 7.32. The molecule has 1 spiro atoms. The van der Waals surface area contributed by atoms with Crippen molar-refractivity contribution in [2.24, 2.45) is 10.6 Å². The average molecular weight is 415 g/mol. The Kier molecular flexibility index (Phi) is 3.61. The van der Waals surface area contributed by atoms with Crippen LogP contribution in [0, 0.1) is 12.3 Å². The van der Waals surface area contributed by atoms with E-state index >= 15 is 0 Å². The van der Waals surface area contributed by atoms with Crippen LogP contribution in [0.2, 0.25) is 0 Å². The van der Waals surface area contributed by atoms with Gasteiger partial charge < -0.3 is 9.05 Å². The van der Waals surface area contributed by atoms with Crippen LogP contribution < -0.4 is 5.14 Å². The van der Waals surface area contributed by atoms with Gasteiger partial charge in [0.25, 0.3) is 16.1 Å². The van der Waals surface area contributed by atoms with Gasteiger partial charge in [0.15, 0.2) is 0 Å². The number of nitrogens with zero attached hydrogens (tertiary/aromatic N) is 4. The Hall–Kier alpha value is -1.92. The summed E-state index contributed by atoms with van der Waals surface area (Å²) in [7, 11) is -3.89. The Balaban J connectivity index is 1.42. The van der Waals surface area contributed by atoms with Crippen molar-refractivity contribution in [3.8, 4) is 11.4 Å². The molecule has 12 heteroatoms. The van der Waals surface area contributed by atoms with E-state index in [9.17, 15) is 17.2 Å². The maximum absolute atomic E-state index is 14.7. The van der Waals surface area contributed by atoms with E-state index in [0.717, 1.165) is 22.8 Å². The lowest BCUT2D eigenvalue weighted by atomic mass is 9.91. The Labute approximate surface area is 159 Å². The van der Waals surface area contributed by atoms with E-state index in [1.54, 1.807) is 6.92 Å². The van der Waals surface area contributed by atoms with Crippen molar-refractivity contribution in [1.82, 2.24) is 19.6 Å². The summed E-state index contributed by atoms with van der Waals surface area (Å²) in [5.41, 5.74) is -0.0239. The van der Waals surface area contributed by atoms with Crippen molar-refractivity contribution in [3.05, 3.63) is 17.3 Å². The predicted octanol–water partition coefficient (Wildman–Crippen LogP) is 1.93. The van der Waals surface area contributed by atoms with E-state index in [1.165, 1.54) is 0 Å². The number of rotatable bonds is 4. The van der Waals surface area contributed by atoms with Crippen LogP contribution in [0.25, 0.3) is 11.4 Å². The molecule has 0 radical (unpaired) electrons. The normalized spacial score (nSPS) is 26.6. The zero-order valence-electron chi connectivity index (χ0n) is 15.1. The van der Waals surface area contributed by atoms with Crippen molar-refractivity contribution < 1.29 is 26.2 Å². The molecule has 3 aliphatic rings. The van der Waals surface area contributed by atoms with Crippen LogP contribution in [-0.2, 0) is 10.2 Å². The molecule has 5 rings (SSSR count). The highest BCUT2D eigenvalue weighted by Crippen LogP contribution is 2.75. The molecular weight excluding hydrogens is 396 g/mol. The van der Waals surface area contributed by atoms with Crippen molar-refractivity contribution in [1.29, 1.82) is 0 Å². The number of alkyl halides is 2. The summed E-state index contributed by atoms with van der Waals surface area (Å²) < 4.78 is 63.8. The zero-order valence-corrected chi connectivity index (χ0v) is 15.9. The maximum atomic E-state index is 14.7. The number of hydrogen-bond acceptors (Lipinski definition) is 7. The Morgan fingerprint density at radius 3 is 2.46 bits per heavy atom. The smallest absolute Gasteiger partial charge is 0.276 e. The quantitative estimate of drug-likeness (QED) is 0.808. The number of aromatic nitrogens is 3. The molecule has 0 amide bonds. The van der Waals surface area contributed by atoms with Crippen LogP contribution in [-0.4, -0.2) is 47.0 Å². The van der Waals surface area contributed by atoms with Gasteiger partial charge in [0, 0.05) is 19.0 Å². The van der Waals surface area contributed by atoms with Gasteiger partial charge >= 0.3 is 0 Å². The first kappa shape index (κ1) is 18.1. The van der Waals surface area contributed by atoms with Crippen molar-refractivity contribution in [2.75, 3.05) is 13.1 Å². The fourth-order valence-corrected chi connectivity index (χ4v) is 5.10. The van der Waals surface area contributed by atoms with Crippen molar-refractivity contribution >= 4 is 10.2 Å². The summed E-state index contributed by atoms with van der Waals surface area (Å²) in [6.07, 6.45) is 1.96. The van der Waals surface area contributed by atoms with E-state index in [0.29, 0.717) is 11.3 Å². The molecule has 2 N–H and O–H groups in total. The highest BCUT2D eigenvalue weighted by molar-refractivity contribution is 7.86. The Morgan fingerprint density at radius 2 is 1.86 bits per heavy atom. The summed E-state index contributed by atoms with van der Waals surface area (Å²) in [6.45, 7) is 1.62. The molecule has 3 heterocycles. The van der Waals surface area contributed by atoms with Gasteiger partial charge in [-0.1, -0.05) is 10.3 Å². The van der Waals surface area contributed by atoms with Crippen LogP contribution in [0.1, 0.15) is 54.9 Å². The zero-order chi connectivity index (χ0) is 19.9. The molecule has 1 aliphatic heterocycles. The molecule has 2 saturated carbocycles. The molecule has 152 valence electrons. The van der Waals surface area contributed by atoms with E-state index < -0.39 is 27.5 Å². The minimum absolute atomic E-state index is 0.0154. The average Bonchev–Trinajstić information content (AvgIpc) is 3.39. The molecule has 1 atom stereocenters. The standard InChI is InChI=1S/C16H19F2N5O4S/c1-8-10(11(21-26-8)9-2-3-9)13-20-14(27-22-13)12-15(16(12,17)18)4-6-23(7-5-15)28(19,24)25/h9,12H,2-7H2,1H3,(H2,19,24,25)/t12-/m0/s1. The molecule has 0 unspecified atom stereocenters. The number of halogens is 2. The first-order valence-electron chi connectivity index (χ1n) is 9.11. The van der Waals surface area contributed by atoms with E-state index in [2.05, 4.69) is 15.3 Å². The highest BCUT2D eigenvalue weighted by atomic mass is 32.2. The van der Waals surface area contributed by atoms with Crippen LogP contribution >= 0.6 is 0 Å². The SMILES string of the molecule is Cc1onc(C2CC2)c1-c1noc([C@@H]2C(F)(F)C23CCN(S(N)(=O)=O)CC3)n1. The first-order valence-corrected chi connectivity index (χ1v) is 10.6. The molecule has 2 aromatic heterocycles. The van der Waals surface area contributed by atoms with Crippen molar-refractivity contribution in [3.63, 3.8) is 0 Å². The fourth-order valence-electron chi connectivity index (χ4n) is 4.41. The van der Waals surface area contributed by atoms with Gasteiger partial charge in [-0.2, -0.15) is 17.7 Å². The minimum Gasteiger partial charge on any atom is -0.361 e. The van der Waals surface area contributed by atoms with Gasteiger partial charge in [-0.3, -0.25) is 0 Å². The lowest BCUT2D eigenvalue weighted by Gasteiger charge is -2.30.